The van der Waals surface area contributed by atoms with E-state index in [1.54, 1.807) is 6.07 Å². The van der Waals surface area contributed by atoms with E-state index in [1.807, 2.05) is 19.1 Å². The molecule has 0 heterocycles. The summed E-state index contributed by atoms with van der Waals surface area (Å²) in [5.41, 5.74) is 2.62. The minimum Gasteiger partial charge on any atom is -0.478 e. The summed E-state index contributed by atoms with van der Waals surface area (Å²) in [5.74, 6) is -0.189. The molecular weight excluding hydrogens is 236 g/mol. The number of aromatic carboxylic acids is 1. The molecule has 2 nitrogen and oxygen atoms in total. The Balaban J connectivity index is 2.87. The summed E-state index contributed by atoms with van der Waals surface area (Å²) in [6, 6.07) is 5.67. The van der Waals surface area contributed by atoms with Crippen molar-refractivity contribution in [2.45, 2.75) is 59.3 Å². The van der Waals surface area contributed by atoms with Crippen molar-refractivity contribution < 1.29 is 9.90 Å². The summed E-state index contributed by atoms with van der Waals surface area (Å²) in [4.78, 5) is 11.3. The molecule has 0 saturated carbocycles. The highest BCUT2D eigenvalue weighted by atomic mass is 16.4. The molecule has 1 atom stereocenters. The van der Waals surface area contributed by atoms with Crippen LogP contribution in [0.1, 0.15) is 67.4 Å². The second kappa shape index (κ2) is 7.98. The van der Waals surface area contributed by atoms with E-state index in [2.05, 4.69) is 13.8 Å². The van der Waals surface area contributed by atoms with Crippen LogP contribution >= 0.6 is 0 Å². The first-order valence-electron chi connectivity index (χ1n) is 7.41. The van der Waals surface area contributed by atoms with Crippen LogP contribution in [0.5, 0.6) is 0 Å². The number of carboxylic acids is 1. The highest BCUT2D eigenvalue weighted by molar-refractivity contribution is 5.89. The molecule has 19 heavy (non-hydrogen) atoms. The lowest BCUT2D eigenvalue weighted by molar-refractivity contribution is 0.0695. The van der Waals surface area contributed by atoms with Gasteiger partial charge in [-0.05, 0) is 30.9 Å². The van der Waals surface area contributed by atoms with Gasteiger partial charge in [0.25, 0.3) is 0 Å². The maximum atomic E-state index is 11.3. The van der Waals surface area contributed by atoms with E-state index in [9.17, 15) is 9.90 Å². The molecule has 1 unspecified atom stereocenters. The molecule has 1 aromatic rings. The standard InChI is InChI=1S/C17H26O2/c1-4-6-8-14(7-5-2)12-15-11-13(3)9-10-16(15)17(18)19/h9-11,14H,4-8,12H2,1-3H3,(H,18,19). The molecule has 2 heteroatoms. The SMILES string of the molecule is CCCCC(CCC)Cc1cc(C)ccc1C(=O)O. The van der Waals surface area contributed by atoms with Crippen molar-refractivity contribution in [2.24, 2.45) is 5.92 Å². The van der Waals surface area contributed by atoms with Crippen molar-refractivity contribution in [2.75, 3.05) is 0 Å². The quantitative estimate of drug-likeness (QED) is 0.727. The zero-order valence-electron chi connectivity index (χ0n) is 12.4. The van der Waals surface area contributed by atoms with Gasteiger partial charge < -0.3 is 5.11 Å². The zero-order valence-corrected chi connectivity index (χ0v) is 12.4. The molecule has 0 aliphatic heterocycles. The van der Waals surface area contributed by atoms with Crippen molar-refractivity contribution >= 4 is 5.97 Å². The molecular formula is C17H26O2. The minimum atomic E-state index is -0.805. The third-order valence-corrected chi connectivity index (χ3v) is 3.66. The van der Waals surface area contributed by atoms with Crippen LogP contribution in [0.2, 0.25) is 0 Å². The summed E-state index contributed by atoms with van der Waals surface area (Å²) in [6.45, 7) is 6.43. The van der Waals surface area contributed by atoms with Crippen LogP contribution < -0.4 is 0 Å². The fourth-order valence-electron chi connectivity index (χ4n) is 2.66. The molecule has 0 aromatic heterocycles. The topological polar surface area (TPSA) is 37.3 Å². The van der Waals surface area contributed by atoms with E-state index in [-0.39, 0.29) is 0 Å². The van der Waals surface area contributed by atoms with Gasteiger partial charge in [-0.25, -0.2) is 4.79 Å². The number of hydrogen-bond donors (Lipinski definition) is 1. The Hall–Kier alpha value is -1.31. The first-order valence-corrected chi connectivity index (χ1v) is 7.41. The van der Waals surface area contributed by atoms with Crippen LogP contribution in [0.25, 0.3) is 0 Å². The lowest BCUT2D eigenvalue weighted by atomic mass is 9.88. The Labute approximate surface area is 116 Å². The lowest BCUT2D eigenvalue weighted by Gasteiger charge is -2.17. The summed E-state index contributed by atoms with van der Waals surface area (Å²) in [5, 5.41) is 9.28. The normalized spacial score (nSPS) is 12.4. The largest absolute Gasteiger partial charge is 0.478 e. The molecule has 1 N–H and O–H groups in total. The molecule has 0 saturated heterocycles. The summed E-state index contributed by atoms with van der Waals surface area (Å²) >= 11 is 0. The highest BCUT2D eigenvalue weighted by Crippen LogP contribution is 2.23. The molecule has 0 fully saturated rings. The van der Waals surface area contributed by atoms with E-state index in [0.29, 0.717) is 11.5 Å². The fraction of sp³-hybridized carbons (Fsp3) is 0.588. The van der Waals surface area contributed by atoms with Crippen LogP contribution in [0.3, 0.4) is 0 Å². The van der Waals surface area contributed by atoms with E-state index in [0.717, 1.165) is 17.5 Å². The number of unbranched alkanes of at least 4 members (excludes halogenated alkanes) is 1. The van der Waals surface area contributed by atoms with E-state index in [4.69, 9.17) is 0 Å². The van der Waals surface area contributed by atoms with Crippen molar-refractivity contribution in [1.29, 1.82) is 0 Å². The van der Waals surface area contributed by atoms with E-state index in [1.165, 1.54) is 32.1 Å². The molecule has 0 aliphatic carbocycles. The Kier molecular flexibility index (Phi) is 6.61. The van der Waals surface area contributed by atoms with Crippen molar-refractivity contribution in [3.63, 3.8) is 0 Å². The van der Waals surface area contributed by atoms with Gasteiger partial charge in [0.05, 0.1) is 5.56 Å². The van der Waals surface area contributed by atoms with Crippen LogP contribution in [0, 0.1) is 12.8 Å². The Morgan fingerprint density at radius 3 is 2.53 bits per heavy atom. The maximum absolute atomic E-state index is 11.3. The van der Waals surface area contributed by atoms with E-state index < -0.39 is 5.97 Å². The average Bonchev–Trinajstić information content (AvgIpc) is 2.36. The molecule has 0 bridgehead atoms. The molecule has 0 radical (unpaired) electrons. The van der Waals surface area contributed by atoms with Crippen molar-refractivity contribution in [3.8, 4) is 0 Å². The van der Waals surface area contributed by atoms with Gasteiger partial charge in [0.15, 0.2) is 0 Å². The predicted octanol–water partition coefficient (Wildman–Crippen LogP) is 4.84. The van der Waals surface area contributed by atoms with Crippen LogP contribution in [-0.4, -0.2) is 11.1 Å². The number of carboxylic acid groups (broad SMARTS) is 1. The van der Waals surface area contributed by atoms with E-state index >= 15 is 0 Å². The van der Waals surface area contributed by atoms with Gasteiger partial charge in [-0.2, -0.15) is 0 Å². The number of benzene rings is 1. The summed E-state index contributed by atoms with van der Waals surface area (Å²) in [6.07, 6.45) is 6.91. The van der Waals surface area contributed by atoms with Gasteiger partial charge in [0.1, 0.15) is 0 Å². The van der Waals surface area contributed by atoms with Crippen molar-refractivity contribution in [3.05, 3.63) is 34.9 Å². The summed E-state index contributed by atoms with van der Waals surface area (Å²) < 4.78 is 0. The fourth-order valence-corrected chi connectivity index (χ4v) is 2.66. The molecule has 0 amide bonds. The third-order valence-electron chi connectivity index (χ3n) is 3.66. The Bertz CT molecular complexity index is 410. The third kappa shape index (κ3) is 5.06. The molecule has 1 rings (SSSR count). The maximum Gasteiger partial charge on any atom is 0.335 e. The van der Waals surface area contributed by atoms with Crippen molar-refractivity contribution in [1.82, 2.24) is 0 Å². The number of hydrogen-bond acceptors (Lipinski definition) is 1. The van der Waals surface area contributed by atoms with Gasteiger partial charge in [-0.3, -0.25) is 0 Å². The van der Waals surface area contributed by atoms with Gasteiger partial charge in [0, 0.05) is 0 Å². The van der Waals surface area contributed by atoms with Gasteiger partial charge >= 0.3 is 5.97 Å². The monoisotopic (exact) mass is 262 g/mol. The minimum absolute atomic E-state index is 0.475. The second-order valence-corrected chi connectivity index (χ2v) is 5.47. The smallest absolute Gasteiger partial charge is 0.335 e. The van der Waals surface area contributed by atoms with Crippen LogP contribution in [0.4, 0.5) is 0 Å². The molecule has 0 spiro atoms. The second-order valence-electron chi connectivity index (χ2n) is 5.47. The van der Waals surface area contributed by atoms with Gasteiger partial charge in [-0.15, -0.1) is 0 Å². The Morgan fingerprint density at radius 1 is 1.21 bits per heavy atom. The highest BCUT2D eigenvalue weighted by Gasteiger charge is 2.15. The molecule has 106 valence electrons. The molecule has 1 aromatic carbocycles. The summed E-state index contributed by atoms with van der Waals surface area (Å²) in [7, 11) is 0. The van der Waals surface area contributed by atoms with Gasteiger partial charge in [-0.1, -0.05) is 63.6 Å². The molecule has 0 aliphatic rings. The number of carbonyl (C=O) groups is 1. The first kappa shape index (κ1) is 15.7. The number of rotatable bonds is 8. The van der Waals surface area contributed by atoms with Crippen LogP contribution in [0.15, 0.2) is 18.2 Å². The number of aryl methyl sites for hydroxylation is 1. The van der Waals surface area contributed by atoms with Gasteiger partial charge in [0.2, 0.25) is 0 Å². The first-order chi connectivity index (χ1) is 9.08. The zero-order chi connectivity index (χ0) is 14.3. The Morgan fingerprint density at radius 2 is 1.95 bits per heavy atom. The van der Waals surface area contributed by atoms with Crippen LogP contribution in [-0.2, 0) is 6.42 Å². The average molecular weight is 262 g/mol. The predicted molar refractivity (Wildman–Crippen MR) is 79.8 cm³/mol. The lowest BCUT2D eigenvalue weighted by Crippen LogP contribution is -2.10.